The van der Waals surface area contributed by atoms with Gasteiger partial charge in [-0.15, -0.1) is 0 Å². The van der Waals surface area contributed by atoms with Gasteiger partial charge in [0.1, 0.15) is 11.4 Å². The number of nitrogens with zero attached hydrogens (tertiary/aromatic N) is 2. The second-order valence-corrected chi connectivity index (χ2v) is 6.47. The average molecular weight is 377 g/mol. The van der Waals surface area contributed by atoms with Gasteiger partial charge >= 0.3 is 0 Å². The number of amides is 1. The summed E-state index contributed by atoms with van der Waals surface area (Å²) in [5.74, 6) is 0.560. The van der Waals surface area contributed by atoms with Crippen LogP contribution in [-0.2, 0) is 4.74 Å². The summed E-state index contributed by atoms with van der Waals surface area (Å²) in [6.07, 6.45) is 2.24. The van der Waals surface area contributed by atoms with E-state index in [-0.39, 0.29) is 17.7 Å². The number of benzene rings is 1. The van der Waals surface area contributed by atoms with Crippen molar-refractivity contribution in [2.75, 3.05) is 30.9 Å². The van der Waals surface area contributed by atoms with Gasteiger partial charge in [0.05, 0.1) is 18.9 Å². The maximum atomic E-state index is 12.6. The van der Waals surface area contributed by atoms with E-state index in [4.69, 9.17) is 21.1 Å². The average Bonchev–Trinajstić information content (AvgIpc) is 3.13. The van der Waals surface area contributed by atoms with Gasteiger partial charge in [0, 0.05) is 23.9 Å². The summed E-state index contributed by atoms with van der Waals surface area (Å²) < 4.78 is 10.8. The molecule has 0 bridgehead atoms. The molecule has 0 saturated carbocycles. The van der Waals surface area contributed by atoms with E-state index in [9.17, 15) is 4.79 Å². The molecule has 8 heteroatoms. The number of anilines is 2. The van der Waals surface area contributed by atoms with Crippen LogP contribution < -0.4 is 15.4 Å². The van der Waals surface area contributed by atoms with Crippen LogP contribution in [0.4, 0.5) is 11.6 Å². The molecule has 1 unspecified atom stereocenters. The predicted molar refractivity (Wildman–Crippen MR) is 100 cm³/mol. The van der Waals surface area contributed by atoms with Crippen LogP contribution in [0.2, 0.25) is 5.02 Å². The first-order valence-corrected chi connectivity index (χ1v) is 8.79. The molecule has 1 saturated heterocycles. The first kappa shape index (κ1) is 18.4. The van der Waals surface area contributed by atoms with Gasteiger partial charge in [-0.05, 0) is 44.0 Å². The number of hydrogen-bond acceptors (Lipinski definition) is 6. The van der Waals surface area contributed by atoms with Crippen LogP contribution in [0, 0.1) is 6.92 Å². The number of hydrogen-bond donors (Lipinski definition) is 2. The van der Waals surface area contributed by atoms with Gasteiger partial charge in [0.15, 0.2) is 0 Å². The summed E-state index contributed by atoms with van der Waals surface area (Å²) in [6, 6.07) is 6.64. The molecule has 2 N–H and O–H groups in total. The van der Waals surface area contributed by atoms with Gasteiger partial charge in [-0.3, -0.25) is 4.79 Å². The van der Waals surface area contributed by atoms with Crippen LogP contribution in [0.15, 0.2) is 24.3 Å². The lowest BCUT2D eigenvalue weighted by molar-refractivity contribution is 0.102. The molecular weight excluding hydrogens is 356 g/mol. The standard InChI is InChI=1S/C18H21ClN4O3/c1-11-8-15(23-18(21-11)20-10-13-4-3-7-26-13)17(24)22-14-9-12(19)5-6-16(14)25-2/h5-6,8-9,13H,3-4,7,10H2,1-2H3,(H,22,24)(H,20,21,23). The van der Waals surface area contributed by atoms with Crippen molar-refractivity contribution < 1.29 is 14.3 Å². The third kappa shape index (κ3) is 4.62. The van der Waals surface area contributed by atoms with Gasteiger partial charge in [0.2, 0.25) is 5.95 Å². The Balaban J connectivity index is 1.73. The highest BCUT2D eigenvalue weighted by atomic mass is 35.5. The summed E-state index contributed by atoms with van der Waals surface area (Å²) in [5, 5.41) is 6.42. The Bertz CT molecular complexity index is 794. The topological polar surface area (TPSA) is 85.4 Å². The molecule has 1 fully saturated rings. The number of rotatable bonds is 6. The normalized spacial score (nSPS) is 16.3. The lowest BCUT2D eigenvalue weighted by Gasteiger charge is -2.13. The molecule has 1 aromatic carbocycles. The van der Waals surface area contributed by atoms with Gasteiger partial charge in [0.25, 0.3) is 5.91 Å². The SMILES string of the molecule is COc1ccc(Cl)cc1NC(=O)c1cc(C)nc(NCC2CCCO2)n1. The summed E-state index contributed by atoms with van der Waals surface area (Å²) in [5.41, 5.74) is 1.43. The van der Waals surface area contributed by atoms with Crippen LogP contribution in [0.5, 0.6) is 5.75 Å². The maximum absolute atomic E-state index is 12.6. The molecule has 0 radical (unpaired) electrons. The molecule has 1 amide bonds. The van der Waals surface area contributed by atoms with E-state index in [1.54, 1.807) is 24.3 Å². The van der Waals surface area contributed by atoms with Crippen molar-refractivity contribution in [2.24, 2.45) is 0 Å². The minimum absolute atomic E-state index is 0.159. The lowest BCUT2D eigenvalue weighted by atomic mass is 10.2. The van der Waals surface area contributed by atoms with Crippen molar-refractivity contribution in [1.29, 1.82) is 0 Å². The Labute approximate surface area is 157 Å². The second-order valence-electron chi connectivity index (χ2n) is 6.03. The Morgan fingerprint density at radius 2 is 2.23 bits per heavy atom. The molecule has 1 aliphatic rings. The van der Waals surface area contributed by atoms with E-state index in [2.05, 4.69) is 20.6 Å². The Morgan fingerprint density at radius 3 is 2.96 bits per heavy atom. The zero-order valence-corrected chi connectivity index (χ0v) is 15.5. The fraction of sp³-hybridized carbons (Fsp3) is 0.389. The highest BCUT2D eigenvalue weighted by molar-refractivity contribution is 6.31. The number of aryl methyl sites for hydroxylation is 1. The molecule has 138 valence electrons. The van der Waals surface area contributed by atoms with Crippen molar-refractivity contribution in [1.82, 2.24) is 9.97 Å². The summed E-state index contributed by atoms with van der Waals surface area (Å²) in [6.45, 7) is 3.22. The molecule has 0 spiro atoms. The van der Waals surface area contributed by atoms with Crippen LogP contribution >= 0.6 is 11.6 Å². The zero-order chi connectivity index (χ0) is 18.5. The number of ether oxygens (including phenoxy) is 2. The van der Waals surface area contributed by atoms with E-state index in [1.807, 2.05) is 6.92 Å². The van der Waals surface area contributed by atoms with Gasteiger partial charge in [-0.25, -0.2) is 9.97 Å². The fourth-order valence-electron chi connectivity index (χ4n) is 2.74. The largest absolute Gasteiger partial charge is 0.495 e. The zero-order valence-electron chi connectivity index (χ0n) is 14.7. The maximum Gasteiger partial charge on any atom is 0.274 e. The Kier molecular flexibility index (Phi) is 5.90. The second kappa shape index (κ2) is 8.33. The van der Waals surface area contributed by atoms with E-state index in [0.29, 0.717) is 34.6 Å². The number of nitrogens with one attached hydrogen (secondary N) is 2. The number of halogens is 1. The molecule has 2 heterocycles. The molecule has 3 rings (SSSR count). The van der Waals surface area contributed by atoms with E-state index in [1.165, 1.54) is 7.11 Å². The van der Waals surface area contributed by atoms with E-state index in [0.717, 1.165) is 19.4 Å². The third-order valence-electron chi connectivity index (χ3n) is 4.01. The minimum atomic E-state index is -0.365. The summed E-state index contributed by atoms with van der Waals surface area (Å²) in [7, 11) is 1.53. The van der Waals surface area contributed by atoms with Crippen LogP contribution in [0.25, 0.3) is 0 Å². The number of carbonyl (C=O) groups is 1. The summed E-state index contributed by atoms with van der Waals surface area (Å²) >= 11 is 6.00. The van der Waals surface area contributed by atoms with E-state index >= 15 is 0 Å². The van der Waals surface area contributed by atoms with Crippen molar-refractivity contribution in [3.05, 3.63) is 40.7 Å². The lowest BCUT2D eigenvalue weighted by Crippen LogP contribution is -2.21. The smallest absolute Gasteiger partial charge is 0.274 e. The molecule has 1 aromatic heterocycles. The number of methoxy groups -OCH3 is 1. The Morgan fingerprint density at radius 1 is 1.38 bits per heavy atom. The van der Waals surface area contributed by atoms with Crippen molar-refractivity contribution in [2.45, 2.75) is 25.9 Å². The van der Waals surface area contributed by atoms with Crippen LogP contribution in [-0.4, -0.2) is 42.2 Å². The summed E-state index contributed by atoms with van der Waals surface area (Å²) in [4.78, 5) is 21.2. The first-order chi connectivity index (χ1) is 12.5. The van der Waals surface area contributed by atoms with E-state index < -0.39 is 0 Å². The molecule has 0 aliphatic carbocycles. The molecule has 2 aromatic rings. The molecule has 1 aliphatic heterocycles. The quantitative estimate of drug-likeness (QED) is 0.804. The molecule has 7 nitrogen and oxygen atoms in total. The molecular formula is C18H21ClN4O3. The fourth-order valence-corrected chi connectivity index (χ4v) is 2.91. The van der Waals surface area contributed by atoms with Gasteiger partial charge in [-0.2, -0.15) is 0 Å². The highest BCUT2D eigenvalue weighted by Gasteiger charge is 2.17. The Hall–Kier alpha value is -2.38. The predicted octanol–water partition coefficient (Wildman–Crippen LogP) is 3.29. The molecule has 1 atom stereocenters. The van der Waals surface area contributed by atoms with Crippen LogP contribution in [0.3, 0.4) is 0 Å². The van der Waals surface area contributed by atoms with Crippen molar-refractivity contribution >= 4 is 29.1 Å². The van der Waals surface area contributed by atoms with Gasteiger partial charge in [-0.1, -0.05) is 11.6 Å². The van der Waals surface area contributed by atoms with Crippen LogP contribution in [0.1, 0.15) is 29.0 Å². The van der Waals surface area contributed by atoms with Gasteiger partial charge < -0.3 is 20.1 Å². The minimum Gasteiger partial charge on any atom is -0.495 e. The van der Waals surface area contributed by atoms with Crippen molar-refractivity contribution in [3.63, 3.8) is 0 Å². The monoisotopic (exact) mass is 376 g/mol. The molecule has 26 heavy (non-hydrogen) atoms. The number of aromatic nitrogens is 2. The number of carbonyl (C=O) groups excluding carboxylic acids is 1. The first-order valence-electron chi connectivity index (χ1n) is 8.41. The third-order valence-corrected chi connectivity index (χ3v) is 4.24. The highest BCUT2D eigenvalue weighted by Crippen LogP contribution is 2.28. The van der Waals surface area contributed by atoms with Crippen molar-refractivity contribution in [3.8, 4) is 5.75 Å².